The highest BCUT2D eigenvalue weighted by Crippen LogP contribution is 2.17. The van der Waals surface area contributed by atoms with Crippen molar-refractivity contribution in [1.29, 1.82) is 0 Å². The second kappa shape index (κ2) is 8.31. The third-order valence-corrected chi connectivity index (χ3v) is 5.14. The molecule has 2 aromatic rings. The molecule has 1 aliphatic heterocycles. The molecular weight excluding hydrogens is 345 g/mol. The Balaban J connectivity index is 1.50. The lowest BCUT2D eigenvalue weighted by atomic mass is 10.1. The van der Waals surface area contributed by atoms with Gasteiger partial charge in [-0.25, -0.2) is 4.39 Å². The zero-order valence-electron chi connectivity index (χ0n) is 15.7. The van der Waals surface area contributed by atoms with Crippen molar-refractivity contribution in [2.45, 2.75) is 13.8 Å². The van der Waals surface area contributed by atoms with Crippen LogP contribution in [0.4, 0.5) is 10.1 Å². The van der Waals surface area contributed by atoms with Gasteiger partial charge in [0.2, 0.25) is 0 Å². The Morgan fingerprint density at radius 2 is 1.74 bits per heavy atom. The van der Waals surface area contributed by atoms with Gasteiger partial charge in [-0.3, -0.25) is 9.59 Å². The summed E-state index contributed by atoms with van der Waals surface area (Å²) in [5.41, 5.74) is 3.57. The summed E-state index contributed by atoms with van der Waals surface area (Å²) in [6, 6.07) is 11.5. The molecule has 2 aromatic carbocycles. The zero-order valence-corrected chi connectivity index (χ0v) is 15.7. The lowest BCUT2D eigenvalue weighted by molar-refractivity contribution is -0.895. The SMILES string of the molecule is Cc1cccc(NC(=O)C[NH+]2CCN(C(=O)c3ccc(F)cc3)CC2)c1C. The first-order chi connectivity index (χ1) is 12.9. The molecule has 5 nitrogen and oxygen atoms in total. The van der Waals surface area contributed by atoms with Crippen molar-refractivity contribution < 1.29 is 18.9 Å². The maximum Gasteiger partial charge on any atom is 0.279 e. The van der Waals surface area contributed by atoms with E-state index in [0.29, 0.717) is 38.3 Å². The van der Waals surface area contributed by atoms with E-state index < -0.39 is 0 Å². The monoisotopic (exact) mass is 370 g/mol. The maximum absolute atomic E-state index is 13.0. The van der Waals surface area contributed by atoms with E-state index in [2.05, 4.69) is 5.32 Å². The molecule has 2 N–H and O–H groups in total. The second-order valence-corrected chi connectivity index (χ2v) is 7.02. The fraction of sp³-hybridized carbons (Fsp3) is 0.333. The summed E-state index contributed by atoms with van der Waals surface area (Å²) in [6.07, 6.45) is 0. The first kappa shape index (κ1) is 19.0. The highest BCUT2D eigenvalue weighted by Gasteiger charge is 2.26. The number of carbonyl (C=O) groups excluding carboxylic acids is 2. The number of carbonyl (C=O) groups is 2. The molecule has 142 valence electrons. The van der Waals surface area contributed by atoms with Gasteiger partial charge in [0.15, 0.2) is 6.54 Å². The number of benzene rings is 2. The molecule has 27 heavy (non-hydrogen) atoms. The topological polar surface area (TPSA) is 53.9 Å². The molecule has 0 atom stereocenters. The number of anilines is 1. The van der Waals surface area contributed by atoms with Gasteiger partial charge in [0.05, 0.1) is 26.2 Å². The Kier molecular flexibility index (Phi) is 5.86. The molecule has 1 aliphatic rings. The number of nitrogens with one attached hydrogen (secondary N) is 2. The fourth-order valence-electron chi connectivity index (χ4n) is 3.29. The van der Waals surface area contributed by atoms with E-state index in [9.17, 15) is 14.0 Å². The van der Waals surface area contributed by atoms with Crippen LogP contribution in [0.2, 0.25) is 0 Å². The predicted molar refractivity (Wildman–Crippen MR) is 102 cm³/mol. The third-order valence-electron chi connectivity index (χ3n) is 5.14. The minimum atomic E-state index is -0.351. The molecule has 1 heterocycles. The Labute approximate surface area is 158 Å². The van der Waals surface area contributed by atoms with Crippen LogP contribution in [0.1, 0.15) is 21.5 Å². The first-order valence-corrected chi connectivity index (χ1v) is 9.18. The van der Waals surface area contributed by atoms with Crippen molar-refractivity contribution in [1.82, 2.24) is 4.90 Å². The predicted octanol–water partition coefficient (Wildman–Crippen LogP) is 1.42. The van der Waals surface area contributed by atoms with E-state index in [-0.39, 0.29) is 17.6 Å². The van der Waals surface area contributed by atoms with Crippen LogP contribution in [0.5, 0.6) is 0 Å². The van der Waals surface area contributed by atoms with Crippen molar-refractivity contribution in [2.24, 2.45) is 0 Å². The van der Waals surface area contributed by atoms with Gasteiger partial charge in [-0.15, -0.1) is 0 Å². The number of aryl methyl sites for hydroxylation is 1. The van der Waals surface area contributed by atoms with Crippen LogP contribution in [0.25, 0.3) is 0 Å². The van der Waals surface area contributed by atoms with Crippen molar-refractivity contribution in [2.75, 3.05) is 38.0 Å². The van der Waals surface area contributed by atoms with E-state index in [4.69, 9.17) is 0 Å². The minimum Gasteiger partial charge on any atom is -0.327 e. The van der Waals surface area contributed by atoms with Crippen LogP contribution >= 0.6 is 0 Å². The quantitative estimate of drug-likeness (QED) is 0.855. The van der Waals surface area contributed by atoms with Crippen LogP contribution in [0.15, 0.2) is 42.5 Å². The van der Waals surface area contributed by atoms with Gasteiger partial charge in [-0.2, -0.15) is 0 Å². The zero-order chi connectivity index (χ0) is 19.4. The van der Waals surface area contributed by atoms with Crippen molar-refractivity contribution in [3.05, 3.63) is 65.0 Å². The molecule has 0 aliphatic carbocycles. The lowest BCUT2D eigenvalue weighted by Gasteiger charge is -2.32. The summed E-state index contributed by atoms with van der Waals surface area (Å²) in [4.78, 5) is 27.7. The number of rotatable bonds is 4. The summed E-state index contributed by atoms with van der Waals surface area (Å²) in [5, 5.41) is 2.99. The van der Waals surface area contributed by atoms with Crippen LogP contribution in [0, 0.1) is 19.7 Å². The van der Waals surface area contributed by atoms with Gasteiger partial charge in [-0.05, 0) is 55.3 Å². The highest BCUT2D eigenvalue weighted by atomic mass is 19.1. The van der Waals surface area contributed by atoms with Crippen molar-refractivity contribution in [3.63, 3.8) is 0 Å². The smallest absolute Gasteiger partial charge is 0.279 e. The molecule has 0 saturated carbocycles. The van der Waals surface area contributed by atoms with Gasteiger partial charge >= 0.3 is 0 Å². The molecule has 0 bridgehead atoms. The van der Waals surface area contributed by atoms with E-state index in [1.807, 2.05) is 32.0 Å². The van der Waals surface area contributed by atoms with Crippen molar-refractivity contribution >= 4 is 17.5 Å². The van der Waals surface area contributed by atoms with Crippen LogP contribution in [-0.4, -0.2) is 49.4 Å². The number of amides is 2. The van der Waals surface area contributed by atoms with E-state index in [1.54, 1.807) is 4.90 Å². The Morgan fingerprint density at radius 3 is 2.41 bits per heavy atom. The number of quaternary nitrogens is 1. The van der Waals surface area contributed by atoms with E-state index >= 15 is 0 Å². The molecule has 0 unspecified atom stereocenters. The average Bonchev–Trinajstić information content (AvgIpc) is 2.66. The molecule has 1 saturated heterocycles. The molecule has 3 rings (SSSR count). The second-order valence-electron chi connectivity index (χ2n) is 7.02. The average molecular weight is 370 g/mol. The standard InChI is InChI=1S/C21H24FN3O2/c1-15-4-3-5-19(16(15)2)23-20(26)14-24-10-12-25(13-11-24)21(27)17-6-8-18(22)9-7-17/h3-9H,10-14H2,1-2H3,(H,23,26)/p+1. The van der Waals surface area contributed by atoms with Crippen LogP contribution in [-0.2, 0) is 4.79 Å². The summed E-state index contributed by atoms with van der Waals surface area (Å²) in [5.74, 6) is -0.457. The Bertz CT molecular complexity index is 828. The summed E-state index contributed by atoms with van der Waals surface area (Å²) >= 11 is 0. The van der Waals surface area contributed by atoms with Gasteiger partial charge in [-0.1, -0.05) is 12.1 Å². The number of nitrogens with zero attached hydrogens (tertiary/aromatic N) is 1. The molecule has 0 radical (unpaired) electrons. The third kappa shape index (κ3) is 4.71. The van der Waals surface area contributed by atoms with Gasteiger partial charge in [0.1, 0.15) is 5.82 Å². The van der Waals surface area contributed by atoms with E-state index in [0.717, 1.165) is 21.7 Å². The number of piperazine rings is 1. The normalized spacial score (nSPS) is 14.9. The summed E-state index contributed by atoms with van der Waals surface area (Å²) in [7, 11) is 0. The minimum absolute atomic E-state index is 0.0167. The fourth-order valence-corrected chi connectivity index (χ4v) is 3.29. The first-order valence-electron chi connectivity index (χ1n) is 9.18. The molecular formula is C21H25FN3O2+. The maximum atomic E-state index is 13.0. The molecule has 6 heteroatoms. The Morgan fingerprint density at radius 1 is 1.07 bits per heavy atom. The van der Waals surface area contributed by atoms with Crippen LogP contribution in [0.3, 0.4) is 0 Å². The van der Waals surface area contributed by atoms with Crippen molar-refractivity contribution in [3.8, 4) is 0 Å². The van der Waals surface area contributed by atoms with Gasteiger partial charge < -0.3 is 15.1 Å². The molecule has 0 spiro atoms. The number of halogens is 1. The summed E-state index contributed by atoms with van der Waals surface area (Å²) < 4.78 is 13.0. The number of hydrogen-bond acceptors (Lipinski definition) is 2. The van der Waals surface area contributed by atoms with E-state index in [1.165, 1.54) is 24.3 Å². The highest BCUT2D eigenvalue weighted by molar-refractivity contribution is 5.94. The van der Waals surface area contributed by atoms with Gasteiger partial charge in [0.25, 0.3) is 11.8 Å². The largest absolute Gasteiger partial charge is 0.327 e. The molecule has 2 amide bonds. The summed E-state index contributed by atoms with van der Waals surface area (Å²) in [6.45, 7) is 7.00. The molecule has 0 aromatic heterocycles. The lowest BCUT2D eigenvalue weighted by Crippen LogP contribution is -3.15. The van der Waals surface area contributed by atoms with Crippen LogP contribution < -0.4 is 10.2 Å². The molecule has 1 fully saturated rings. The van der Waals surface area contributed by atoms with Gasteiger partial charge in [0, 0.05) is 11.3 Å². The number of hydrogen-bond donors (Lipinski definition) is 2. The Hall–Kier alpha value is -2.73.